The summed E-state index contributed by atoms with van der Waals surface area (Å²) in [4.78, 5) is 13.1. The Morgan fingerprint density at radius 3 is 2.40 bits per heavy atom. The molecule has 6 rings (SSSR count). The molecule has 0 amide bonds. The van der Waals surface area contributed by atoms with E-state index in [1.807, 2.05) is 0 Å². The van der Waals surface area contributed by atoms with E-state index in [0.717, 1.165) is 31.2 Å². The van der Waals surface area contributed by atoms with Crippen molar-refractivity contribution >= 4 is 12.0 Å². The van der Waals surface area contributed by atoms with E-state index in [2.05, 4.69) is 48.1 Å². The van der Waals surface area contributed by atoms with Crippen molar-refractivity contribution in [3.8, 4) is 11.5 Å². The summed E-state index contributed by atoms with van der Waals surface area (Å²) in [6.45, 7) is 19.6. The highest BCUT2D eigenvalue weighted by Crippen LogP contribution is 2.77. The molecule has 5 heteroatoms. The van der Waals surface area contributed by atoms with Crippen molar-refractivity contribution in [2.45, 2.75) is 112 Å². The van der Waals surface area contributed by atoms with Gasteiger partial charge in [-0.05, 0) is 146 Å². The van der Waals surface area contributed by atoms with Crippen molar-refractivity contribution in [3.63, 3.8) is 0 Å². The molecule has 0 heterocycles. The molecule has 5 aliphatic rings. The first-order chi connectivity index (χ1) is 21.2. The highest BCUT2D eigenvalue weighted by Gasteiger charge is 2.71. The van der Waals surface area contributed by atoms with Crippen LogP contribution in [0.25, 0.3) is 6.08 Å². The zero-order chi connectivity index (χ0) is 32.6. The Morgan fingerprint density at radius 1 is 0.956 bits per heavy atom. The van der Waals surface area contributed by atoms with E-state index in [-0.39, 0.29) is 44.9 Å². The third-order valence-corrected chi connectivity index (χ3v) is 15.4. The fourth-order valence-electron chi connectivity index (χ4n) is 12.9. The number of phenolic OH excluding ortho intramolecular Hbond substituents is 1. The molecule has 248 valence electrons. The van der Waals surface area contributed by atoms with Gasteiger partial charge in [-0.2, -0.15) is 0 Å². The number of hydrogen-bond acceptors (Lipinski definition) is 5. The first kappa shape index (κ1) is 32.7. The number of hydrogen-bond donors (Lipinski definition) is 2. The number of esters is 1. The van der Waals surface area contributed by atoms with Gasteiger partial charge in [-0.15, -0.1) is 0 Å². The van der Waals surface area contributed by atoms with Gasteiger partial charge in [0.25, 0.3) is 0 Å². The Labute approximate surface area is 271 Å². The summed E-state index contributed by atoms with van der Waals surface area (Å²) in [5.41, 5.74) is 2.81. The van der Waals surface area contributed by atoms with E-state index < -0.39 is 0 Å². The molecule has 2 N–H and O–H groups in total. The third kappa shape index (κ3) is 4.75. The summed E-state index contributed by atoms with van der Waals surface area (Å²) in [7, 11) is 1.51. The molecule has 0 aromatic heterocycles. The van der Waals surface area contributed by atoms with Gasteiger partial charge in [-0.1, -0.05) is 52.8 Å². The lowest BCUT2D eigenvalue weighted by Gasteiger charge is -2.73. The molecule has 5 fully saturated rings. The third-order valence-electron chi connectivity index (χ3n) is 15.4. The fourth-order valence-corrected chi connectivity index (χ4v) is 12.9. The quantitative estimate of drug-likeness (QED) is 0.189. The largest absolute Gasteiger partial charge is 0.504 e. The molecule has 45 heavy (non-hydrogen) atoms. The van der Waals surface area contributed by atoms with Crippen LogP contribution in [0, 0.1) is 56.7 Å². The SMILES string of the molecule is C=C(C)C1CCC2(CO)CC[C@]3(C)C(CC[C@@H]4[C@@]5(C)CC[C@H](OC(=O)/C=C/c6ccc(O)c(OC)c6)C(C)(C)C5CC[C@]43C)C12. The average Bonchev–Trinajstić information content (AvgIpc) is 3.39. The van der Waals surface area contributed by atoms with Crippen molar-refractivity contribution in [1.82, 2.24) is 0 Å². The summed E-state index contributed by atoms with van der Waals surface area (Å²) < 4.78 is 11.4. The van der Waals surface area contributed by atoms with Gasteiger partial charge in [-0.3, -0.25) is 0 Å². The maximum atomic E-state index is 13.1. The van der Waals surface area contributed by atoms with Crippen molar-refractivity contribution in [2.24, 2.45) is 56.7 Å². The maximum absolute atomic E-state index is 13.1. The molecule has 0 saturated heterocycles. The van der Waals surface area contributed by atoms with Crippen LogP contribution in [0.3, 0.4) is 0 Å². The Balaban J connectivity index is 1.22. The van der Waals surface area contributed by atoms with E-state index in [1.54, 1.807) is 24.3 Å². The lowest BCUT2D eigenvalue weighted by molar-refractivity contribution is -0.251. The summed E-state index contributed by atoms with van der Waals surface area (Å²) in [5.74, 6) is 3.04. The molecule has 5 aliphatic carbocycles. The van der Waals surface area contributed by atoms with E-state index in [9.17, 15) is 15.0 Å². The van der Waals surface area contributed by atoms with Crippen LogP contribution >= 0.6 is 0 Å². The van der Waals surface area contributed by atoms with Gasteiger partial charge < -0.3 is 19.7 Å². The summed E-state index contributed by atoms with van der Waals surface area (Å²) >= 11 is 0. The van der Waals surface area contributed by atoms with Gasteiger partial charge in [0.1, 0.15) is 6.10 Å². The van der Waals surface area contributed by atoms with Crippen LogP contribution in [0.1, 0.15) is 111 Å². The van der Waals surface area contributed by atoms with Crippen molar-refractivity contribution < 1.29 is 24.5 Å². The number of carbonyl (C=O) groups is 1. The molecule has 5 unspecified atom stereocenters. The van der Waals surface area contributed by atoms with Crippen LogP contribution in [-0.2, 0) is 9.53 Å². The minimum Gasteiger partial charge on any atom is -0.504 e. The molecular formula is C40H58O5. The lowest BCUT2D eigenvalue weighted by Crippen LogP contribution is -2.67. The number of rotatable bonds is 6. The first-order valence-corrected chi connectivity index (χ1v) is 17.7. The summed E-state index contributed by atoms with van der Waals surface area (Å²) in [5, 5.41) is 20.7. The summed E-state index contributed by atoms with van der Waals surface area (Å²) in [6, 6.07) is 5.04. The van der Waals surface area contributed by atoms with Gasteiger partial charge in [0.05, 0.1) is 7.11 Å². The summed E-state index contributed by atoms with van der Waals surface area (Å²) in [6.07, 6.45) is 14.8. The van der Waals surface area contributed by atoms with Crippen LogP contribution in [0.4, 0.5) is 0 Å². The van der Waals surface area contributed by atoms with Crippen LogP contribution in [-0.4, -0.2) is 36.0 Å². The number of aliphatic hydroxyl groups is 1. The number of phenols is 1. The number of ether oxygens (including phenoxy) is 2. The molecule has 1 aromatic rings. The number of fused-ring (bicyclic) bond motifs is 7. The Morgan fingerprint density at radius 2 is 1.71 bits per heavy atom. The van der Waals surface area contributed by atoms with Crippen LogP contribution in [0.15, 0.2) is 36.4 Å². The predicted molar refractivity (Wildman–Crippen MR) is 180 cm³/mol. The minimum absolute atomic E-state index is 0.0756. The number of methoxy groups -OCH3 is 1. The monoisotopic (exact) mass is 618 g/mol. The zero-order valence-electron chi connectivity index (χ0n) is 29.0. The molecule has 0 bridgehead atoms. The molecule has 1 aromatic carbocycles. The molecule has 10 atom stereocenters. The van der Waals surface area contributed by atoms with Crippen molar-refractivity contribution in [1.29, 1.82) is 0 Å². The number of aliphatic hydroxyl groups excluding tert-OH is 1. The Hall–Kier alpha value is -2.27. The predicted octanol–water partition coefficient (Wildman–Crippen LogP) is 8.98. The number of carbonyl (C=O) groups excluding carboxylic acids is 1. The topological polar surface area (TPSA) is 76.0 Å². The normalized spacial score (nSPS) is 43.5. The molecular weight excluding hydrogens is 560 g/mol. The highest BCUT2D eigenvalue weighted by atomic mass is 16.5. The molecule has 5 saturated carbocycles. The second-order valence-electron chi connectivity index (χ2n) is 17.3. The molecule has 0 aliphatic heterocycles. The van der Waals surface area contributed by atoms with Gasteiger partial charge >= 0.3 is 5.97 Å². The fraction of sp³-hybridized carbons (Fsp3) is 0.725. The number of allylic oxidation sites excluding steroid dienone is 1. The van der Waals surface area contributed by atoms with Gasteiger partial charge in [0.15, 0.2) is 11.5 Å². The molecule has 0 spiro atoms. The van der Waals surface area contributed by atoms with Gasteiger partial charge in [-0.25, -0.2) is 4.79 Å². The van der Waals surface area contributed by atoms with Gasteiger partial charge in [0, 0.05) is 18.1 Å². The maximum Gasteiger partial charge on any atom is 0.331 e. The second kappa shape index (κ2) is 11.2. The van der Waals surface area contributed by atoms with E-state index in [4.69, 9.17) is 9.47 Å². The van der Waals surface area contributed by atoms with Gasteiger partial charge in [0.2, 0.25) is 0 Å². The average molecular weight is 619 g/mol. The molecule has 5 nitrogen and oxygen atoms in total. The molecule has 0 radical (unpaired) electrons. The Kier molecular flexibility index (Phi) is 8.11. The standard InChI is InChI=1S/C40H58O5/c1-25(2)27-15-20-40(24-41)22-21-38(6)28(35(27)40)11-13-32-37(5)18-17-33(36(3,4)31(37)16-19-39(32,38)7)45-34(43)14-10-26-9-12-29(42)30(23-26)44-8/h9-10,12,14,23,27-28,31-33,35,41-42H,1,11,13,15-22,24H2,2-8H3/b14-10+/t27?,28?,31?,32-,33+,35?,37+,38-,39-,40?/m1/s1. The smallest absolute Gasteiger partial charge is 0.331 e. The van der Waals surface area contributed by atoms with E-state index in [1.165, 1.54) is 57.3 Å². The van der Waals surface area contributed by atoms with Crippen LogP contribution in [0.5, 0.6) is 11.5 Å². The first-order valence-electron chi connectivity index (χ1n) is 17.7. The second-order valence-corrected chi connectivity index (χ2v) is 17.3. The van der Waals surface area contributed by atoms with Crippen LogP contribution in [0.2, 0.25) is 0 Å². The lowest BCUT2D eigenvalue weighted by atomic mass is 9.32. The number of aromatic hydroxyl groups is 1. The Bertz CT molecular complexity index is 1360. The van der Waals surface area contributed by atoms with Crippen LogP contribution < -0.4 is 4.74 Å². The number of benzene rings is 1. The zero-order valence-corrected chi connectivity index (χ0v) is 29.0. The highest BCUT2D eigenvalue weighted by molar-refractivity contribution is 5.87. The van der Waals surface area contributed by atoms with Crippen molar-refractivity contribution in [2.75, 3.05) is 13.7 Å². The minimum atomic E-state index is -0.310. The van der Waals surface area contributed by atoms with E-state index in [0.29, 0.717) is 41.9 Å². The van der Waals surface area contributed by atoms with E-state index >= 15 is 0 Å². The van der Waals surface area contributed by atoms with Crippen molar-refractivity contribution in [3.05, 3.63) is 42.0 Å².